The number of hydrogen-bond acceptors (Lipinski definition) is 6. The van der Waals surface area contributed by atoms with Gasteiger partial charge >= 0.3 is 6.18 Å². The maximum Gasteiger partial charge on any atom is 0.419 e. The fourth-order valence-corrected chi connectivity index (χ4v) is 3.62. The van der Waals surface area contributed by atoms with Gasteiger partial charge in [-0.3, -0.25) is 4.79 Å². The van der Waals surface area contributed by atoms with Crippen LogP contribution in [0.3, 0.4) is 0 Å². The summed E-state index contributed by atoms with van der Waals surface area (Å²) in [4.78, 5) is 13.0. The highest BCUT2D eigenvalue weighted by Crippen LogP contribution is 2.35. The van der Waals surface area contributed by atoms with Crippen molar-refractivity contribution in [2.75, 3.05) is 13.2 Å². The van der Waals surface area contributed by atoms with E-state index in [0.717, 1.165) is 11.6 Å². The van der Waals surface area contributed by atoms with Crippen LogP contribution in [0.1, 0.15) is 17.5 Å². The summed E-state index contributed by atoms with van der Waals surface area (Å²) in [5.74, 6) is -1.58. The van der Waals surface area contributed by atoms with Crippen molar-refractivity contribution in [2.45, 2.75) is 24.6 Å². The number of rotatable bonds is 7. The number of benzene rings is 3. The molecule has 0 spiro atoms. The summed E-state index contributed by atoms with van der Waals surface area (Å²) in [5.41, 5.74) is 4.29. The molecule has 0 amide bonds. The Bertz CT molecular complexity index is 1440. The Morgan fingerprint density at radius 3 is 2.26 bits per heavy atom. The summed E-state index contributed by atoms with van der Waals surface area (Å²) in [6.07, 6.45) is -4.14. The molecule has 1 aromatic heterocycles. The van der Waals surface area contributed by atoms with Gasteiger partial charge in [0.15, 0.2) is 0 Å². The van der Waals surface area contributed by atoms with Crippen molar-refractivity contribution in [3.05, 3.63) is 81.8 Å². The molecule has 0 aliphatic rings. The fourth-order valence-electron chi connectivity index (χ4n) is 3.62. The minimum Gasteiger partial charge on any atom is -0.457 e. The van der Waals surface area contributed by atoms with Crippen LogP contribution in [0.15, 0.2) is 63.8 Å². The summed E-state index contributed by atoms with van der Waals surface area (Å²) >= 11 is 0. The summed E-state index contributed by atoms with van der Waals surface area (Å²) < 4.78 is 63.7. The van der Waals surface area contributed by atoms with E-state index >= 15 is 0 Å². The van der Waals surface area contributed by atoms with E-state index in [9.17, 15) is 32.6 Å². The fraction of sp³-hybridized carbons (Fsp3) is 0.240. The van der Waals surface area contributed by atoms with E-state index in [-0.39, 0.29) is 46.5 Å². The first-order chi connectivity index (χ1) is 16.5. The zero-order valence-electron chi connectivity index (χ0n) is 18.2. The summed E-state index contributed by atoms with van der Waals surface area (Å²) in [6, 6.07) is 11.4. The van der Waals surface area contributed by atoms with Crippen molar-refractivity contribution >= 4 is 21.9 Å². The number of halogens is 4. The zero-order chi connectivity index (χ0) is 25.4. The molecule has 0 saturated heterocycles. The van der Waals surface area contributed by atoms with Crippen LogP contribution in [0.5, 0.6) is 11.5 Å². The Balaban J connectivity index is 1.65. The van der Waals surface area contributed by atoms with E-state index < -0.39 is 23.1 Å². The first-order valence-electron chi connectivity index (χ1n) is 10.6. The van der Waals surface area contributed by atoms with Gasteiger partial charge in [-0.2, -0.15) is 13.2 Å². The molecule has 0 aliphatic heterocycles. The van der Waals surface area contributed by atoms with Crippen molar-refractivity contribution in [1.82, 2.24) is 0 Å². The second-order valence-corrected chi connectivity index (χ2v) is 8.34. The number of alkyl halides is 3. The standard InChI is InChI=1S/C25H21F4NO5/c26-20-5-2-16(11-19(20)25(27,28)29)34-15-3-6-21-18(10-15)23(33)17-4-1-14(9-22(17)35-21)7-8-24(30,12-31)13-32/h1-6,9-11,31-32H,7-8,12-13,30H2. The molecule has 10 heteroatoms. The largest absolute Gasteiger partial charge is 0.457 e. The van der Waals surface area contributed by atoms with Crippen molar-refractivity contribution in [2.24, 2.45) is 5.73 Å². The number of aryl methyl sites for hydroxylation is 1. The lowest BCUT2D eigenvalue weighted by Crippen LogP contribution is -2.47. The normalized spacial score (nSPS) is 12.4. The van der Waals surface area contributed by atoms with E-state index in [1.54, 1.807) is 18.2 Å². The molecule has 4 aromatic rings. The Hall–Kier alpha value is -3.47. The van der Waals surface area contributed by atoms with Gasteiger partial charge < -0.3 is 25.1 Å². The number of aliphatic hydroxyl groups excluding tert-OH is 2. The Morgan fingerprint density at radius 2 is 1.57 bits per heavy atom. The highest BCUT2D eigenvalue weighted by Gasteiger charge is 2.34. The maximum atomic E-state index is 13.5. The van der Waals surface area contributed by atoms with Gasteiger partial charge in [0.05, 0.1) is 35.1 Å². The van der Waals surface area contributed by atoms with Gasteiger partial charge in [-0.1, -0.05) is 6.07 Å². The molecule has 0 unspecified atom stereocenters. The van der Waals surface area contributed by atoms with Gasteiger partial charge in [-0.15, -0.1) is 0 Å². The lowest BCUT2D eigenvalue weighted by atomic mass is 9.93. The molecule has 0 saturated carbocycles. The Kier molecular flexibility index (Phi) is 6.54. The molecule has 35 heavy (non-hydrogen) atoms. The molecule has 4 N–H and O–H groups in total. The van der Waals surface area contributed by atoms with Crippen molar-refractivity contribution < 1.29 is 36.9 Å². The molecule has 184 valence electrons. The molecule has 0 aliphatic carbocycles. The van der Waals surface area contributed by atoms with Gasteiger partial charge in [0, 0.05) is 0 Å². The van der Waals surface area contributed by atoms with E-state index in [4.69, 9.17) is 14.9 Å². The zero-order valence-corrected chi connectivity index (χ0v) is 18.2. The SMILES string of the molecule is NC(CO)(CO)CCc1ccc2c(=O)c3cc(Oc4ccc(F)c(C(F)(F)F)c4)ccc3oc2c1. The molecule has 0 radical (unpaired) electrons. The number of nitrogens with two attached hydrogens (primary N) is 1. The highest BCUT2D eigenvalue weighted by atomic mass is 19.4. The van der Waals surface area contributed by atoms with E-state index in [0.29, 0.717) is 30.6 Å². The predicted octanol–water partition coefficient (Wildman–Crippen LogP) is 4.51. The molecular weight excluding hydrogens is 470 g/mol. The van der Waals surface area contributed by atoms with Crippen LogP contribution in [-0.2, 0) is 12.6 Å². The minimum absolute atomic E-state index is 0.0767. The highest BCUT2D eigenvalue weighted by molar-refractivity contribution is 5.90. The molecule has 0 fully saturated rings. The molecular formula is C25H21F4NO5. The van der Waals surface area contributed by atoms with Crippen LogP contribution in [0, 0.1) is 5.82 Å². The number of ether oxygens (including phenoxy) is 1. The van der Waals surface area contributed by atoms with Crippen LogP contribution < -0.4 is 15.9 Å². The van der Waals surface area contributed by atoms with E-state index in [1.807, 2.05) is 0 Å². The lowest BCUT2D eigenvalue weighted by molar-refractivity contribution is -0.140. The van der Waals surface area contributed by atoms with Crippen LogP contribution in [-0.4, -0.2) is 29.0 Å². The smallest absolute Gasteiger partial charge is 0.419 e. The van der Waals surface area contributed by atoms with E-state index in [1.165, 1.54) is 18.2 Å². The van der Waals surface area contributed by atoms with Crippen LogP contribution in [0.4, 0.5) is 17.6 Å². The first-order valence-corrected chi connectivity index (χ1v) is 10.6. The van der Waals surface area contributed by atoms with Gasteiger partial charge in [0.25, 0.3) is 0 Å². The van der Waals surface area contributed by atoms with Crippen molar-refractivity contribution in [1.29, 1.82) is 0 Å². The average molecular weight is 491 g/mol. The molecule has 6 nitrogen and oxygen atoms in total. The molecule has 1 heterocycles. The van der Waals surface area contributed by atoms with E-state index in [2.05, 4.69) is 0 Å². The summed E-state index contributed by atoms with van der Waals surface area (Å²) in [5, 5.41) is 19.1. The predicted molar refractivity (Wildman–Crippen MR) is 121 cm³/mol. The molecule has 0 bridgehead atoms. The topological polar surface area (TPSA) is 106 Å². The molecule has 4 rings (SSSR count). The van der Waals surface area contributed by atoms with Crippen LogP contribution in [0.2, 0.25) is 0 Å². The van der Waals surface area contributed by atoms with Crippen molar-refractivity contribution in [3.8, 4) is 11.5 Å². The Morgan fingerprint density at radius 1 is 0.886 bits per heavy atom. The first kappa shape index (κ1) is 24.6. The van der Waals surface area contributed by atoms with Gasteiger partial charge in [-0.25, -0.2) is 4.39 Å². The third-order valence-electron chi connectivity index (χ3n) is 5.73. The lowest BCUT2D eigenvalue weighted by Gasteiger charge is -2.24. The summed E-state index contributed by atoms with van der Waals surface area (Å²) in [6.45, 7) is -0.757. The number of fused-ring (bicyclic) bond motifs is 2. The quantitative estimate of drug-likeness (QED) is 0.260. The second-order valence-electron chi connectivity index (χ2n) is 8.34. The third kappa shape index (κ3) is 5.14. The summed E-state index contributed by atoms with van der Waals surface area (Å²) in [7, 11) is 0. The average Bonchev–Trinajstić information content (AvgIpc) is 2.83. The van der Waals surface area contributed by atoms with Crippen LogP contribution in [0.25, 0.3) is 21.9 Å². The minimum atomic E-state index is -4.88. The Labute approximate surface area is 196 Å². The van der Waals surface area contributed by atoms with Crippen molar-refractivity contribution in [3.63, 3.8) is 0 Å². The molecule has 0 atom stereocenters. The monoisotopic (exact) mass is 491 g/mol. The maximum absolute atomic E-state index is 13.5. The van der Waals surface area contributed by atoms with Crippen LogP contribution >= 0.6 is 0 Å². The second kappa shape index (κ2) is 9.29. The van der Waals surface area contributed by atoms with Gasteiger partial charge in [0.1, 0.15) is 28.5 Å². The molecule has 3 aromatic carbocycles. The van der Waals surface area contributed by atoms with Gasteiger partial charge in [-0.05, 0) is 66.9 Å². The van der Waals surface area contributed by atoms with Gasteiger partial charge in [0.2, 0.25) is 5.43 Å². The number of hydrogen-bond donors (Lipinski definition) is 3. The number of aliphatic hydroxyl groups is 2. The third-order valence-corrected chi connectivity index (χ3v) is 5.73.